The normalized spacial score (nSPS) is 12.8. The minimum atomic E-state index is -0.675. The Labute approximate surface area is 272 Å². The summed E-state index contributed by atoms with van der Waals surface area (Å²) in [5.74, 6) is -0.678. The average Bonchev–Trinajstić information content (AvgIpc) is 3.00. The number of hydrogen-bond donors (Lipinski definition) is 1. The van der Waals surface area contributed by atoms with Gasteiger partial charge in [-0.1, -0.05) is 146 Å². The maximum atomic E-state index is 12.6. The third-order valence-corrected chi connectivity index (χ3v) is 8.07. The highest BCUT2D eigenvalue weighted by atomic mass is 16.5. The molecule has 1 unspecified atom stereocenters. The molecular weight excluding hydrogens is 544 g/mol. The van der Waals surface area contributed by atoms with Crippen molar-refractivity contribution in [1.82, 2.24) is 0 Å². The number of hydrogen-bond acceptors (Lipinski definition) is 3. The quantitative estimate of drug-likeness (QED) is 0.0454. The van der Waals surface area contributed by atoms with Crippen LogP contribution in [0.3, 0.4) is 0 Å². The monoisotopic (exact) mass is 615 g/mol. The van der Waals surface area contributed by atoms with Crippen LogP contribution in [0.25, 0.3) is 0 Å². The molecule has 44 heavy (non-hydrogen) atoms. The molecule has 0 heterocycles. The van der Waals surface area contributed by atoms with Crippen LogP contribution in [0.15, 0.2) is 48.6 Å². The number of allylic oxidation sites excluding steroid dienone is 8. The lowest BCUT2D eigenvalue weighted by atomic mass is 10.0. The molecule has 4 heteroatoms. The number of carbonyl (C=O) groups excluding carboxylic acids is 1. The Hall–Kier alpha value is -2.10. The van der Waals surface area contributed by atoms with Gasteiger partial charge in [-0.2, -0.15) is 0 Å². The summed E-state index contributed by atoms with van der Waals surface area (Å²) in [4.78, 5) is 23.1. The molecule has 0 aliphatic carbocycles. The van der Waals surface area contributed by atoms with Gasteiger partial charge in [-0.15, -0.1) is 0 Å². The Morgan fingerprint density at radius 2 is 0.955 bits per heavy atom. The molecule has 0 fully saturated rings. The molecule has 0 aromatic carbocycles. The van der Waals surface area contributed by atoms with Crippen LogP contribution in [0.2, 0.25) is 0 Å². The lowest BCUT2D eigenvalue weighted by molar-refractivity contribution is -0.150. The molecule has 0 amide bonds. The van der Waals surface area contributed by atoms with Crippen molar-refractivity contribution in [3.05, 3.63) is 48.6 Å². The van der Waals surface area contributed by atoms with Gasteiger partial charge in [0, 0.05) is 12.8 Å². The average molecular weight is 615 g/mol. The smallest absolute Gasteiger partial charge is 0.306 e. The van der Waals surface area contributed by atoms with E-state index in [9.17, 15) is 9.59 Å². The van der Waals surface area contributed by atoms with Crippen molar-refractivity contribution in [3.8, 4) is 0 Å². The number of rotatable bonds is 33. The molecule has 0 aromatic heterocycles. The number of esters is 1. The van der Waals surface area contributed by atoms with Crippen molar-refractivity contribution in [2.75, 3.05) is 0 Å². The second kappa shape index (κ2) is 35.4. The maximum absolute atomic E-state index is 12.6. The van der Waals surface area contributed by atoms with Crippen LogP contribution in [0, 0.1) is 0 Å². The summed E-state index contributed by atoms with van der Waals surface area (Å²) >= 11 is 0. The van der Waals surface area contributed by atoms with Crippen molar-refractivity contribution in [1.29, 1.82) is 0 Å². The van der Waals surface area contributed by atoms with E-state index in [1.165, 1.54) is 77.0 Å². The van der Waals surface area contributed by atoms with Crippen molar-refractivity contribution in [2.24, 2.45) is 0 Å². The summed E-state index contributed by atoms with van der Waals surface area (Å²) in [6.45, 7) is 4.40. The summed E-state index contributed by atoms with van der Waals surface area (Å²) in [7, 11) is 0. The first kappa shape index (κ1) is 41.9. The molecule has 0 saturated carbocycles. The predicted octanol–water partition coefficient (Wildman–Crippen LogP) is 12.8. The van der Waals surface area contributed by atoms with E-state index in [2.05, 4.69) is 62.5 Å². The standard InChI is InChI=1S/C40H70O4/c1-3-5-7-9-10-11-12-13-14-15-19-22-25-29-33-37-40(43)44-38(34-30-26-8-6-4-2)35-31-27-23-20-17-16-18-21-24-28-32-36-39(41)42/h5,7,10-11,13-14,19,22,38H,3-4,6,8-9,12,15-18,20-21,23-37H2,1-2H3,(H,41,42)/b7-5-,11-10-,14-13-,22-19-. The second-order valence-corrected chi connectivity index (χ2v) is 12.4. The van der Waals surface area contributed by atoms with Crippen molar-refractivity contribution >= 4 is 11.9 Å². The largest absolute Gasteiger partial charge is 0.481 e. The molecular formula is C40H70O4. The number of carbonyl (C=O) groups is 2. The summed E-state index contributed by atoms with van der Waals surface area (Å²) in [5, 5.41) is 8.69. The topological polar surface area (TPSA) is 63.6 Å². The second-order valence-electron chi connectivity index (χ2n) is 12.4. The van der Waals surface area contributed by atoms with E-state index in [1.807, 2.05) is 0 Å². The first-order valence-electron chi connectivity index (χ1n) is 18.6. The van der Waals surface area contributed by atoms with Crippen LogP contribution >= 0.6 is 0 Å². The predicted molar refractivity (Wildman–Crippen MR) is 190 cm³/mol. The highest BCUT2D eigenvalue weighted by Crippen LogP contribution is 2.18. The Morgan fingerprint density at radius 3 is 1.45 bits per heavy atom. The number of aliphatic carboxylic acids is 1. The van der Waals surface area contributed by atoms with E-state index in [0.29, 0.717) is 12.8 Å². The molecule has 1 N–H and O–H groups in total. The molecule has 0 aliphatic rings. The Kier molecular flexibility index (Phi) is 33.7. The highest BCUT2D eigenvalue weighted by molar-refractivity contribution is 5.69. The fourth-order valence-corrected chi connectivity index (χ4v) is 5.35. The number of unbranched alkanes of at least 4 members (excludes halogenated alkanes) is 16. The van der Waals surface area contributed by atoms with E-state index in [0.717, 1.165) is 83.5 Å². The zero-order valence-electron chi connectivity index (χ0n) is 29.0. The number of carboxylic acid groups (broad SMARTS) is 1. The number of carboxylic acids is 1. The van der Waals surface area contributed by atoms with E-state index in [-0.39, 0.29) is 12.1 Å². The molecule has 254 valence electrons. The van der Waals surface area contributed by atoms with Gasteiger partial charge in [-0.05, 0) is 77.0 Å². The lowest BCUT2D eigenvalue weighted by Gasteiger charge is -2.18. The third kappa shape index (κ3) is 34.4. The summed E-state index contributed by atoms with van der Waals surface area (Å²) in [6, 6.07) is 0. The highest BCUT2D eigenvalue weighted by Gasteiger charge is 2.14. The minimum absolute atomic E-state index is 0.00308. The van der Waals surface area contributed by atoms with Crippen LogP contribution in [0.4, 0.5) is 0 Å². The molecule has 0 rings (SSSR count). The Morgan fingerprint density at radius 1 is 0.523 bits per heavy atom. The van der Waals surface area contributed by atoms with Gasteiger partial charge in [0.15, 0.2) is 0 Å². The van der Waals surface area contributed by atoms with E-state index in [4.69, 9.17) is 9.84 Å². The van der Waals surface area contributed by atoms with Gasteiger partial charge in [0.25, 0.3) is 0 Å². The zero-order valence-corrected chi connectivity index (χ0v) is 29.0. The van der Waals surface area contributed by atoms with Gasteiger partial charge >= 0.3 is 11.9 Å². The fourth-order valence-electron chi connectivity index (χ4n) is 5.35. The SMILES string of the molecule is CC/C=C\C/C=C\C/C=C\C/C=C\CCCCC(=O)OC(CCCCCCC)CCCCCCCCCCCCCC(=O)O. The molecule has 0 saturated heterocycles. The van der Waals surface area contributed by atoms with Gasteiger partial charge < -0.3 is 9.84 Å². The van der Waals surface area contributed by atoms with Crippen molar-refractivity contribution in [2.45, 2.75) is 193 Å². The first-order chi connectivity index (χ1) is 21.6. The Balaban J connectivity index is 3.99. The zero-order chi connectivity index (χ0) is 32.2. The van der Waals surface area contributed by atoms with Crippen LogP contribution in [0.1, 0.15) is 187 Å². The maximum Gasteiger partial charge on any atom is 0.306 e. The molecule has 0 aliphatic heterocycles. The summed E-state index contributed by atoms with van der Waals surface area (Å²) in [5.41, 5.74) is 0. The van der Waals surface area contributed by atoms with Crippen LogP contribution in [0.5, 0.6) is 0 Å². The molecule has 4 nitrogen and oxygen atoms in total. The summed E-state index contributed by atoms with van der Waals surface area (Å²) < 4.78 is 5.98. The van der Waals surface area contributed by atoms with Crippen LogP contribution in [-0.4, -0.2) is 23.1 Å². The fraction of sp³-hybridized carbons (Fsp3) is 0.750. The van der Waals surface area contributed by atoms with E-state index in [1.54, 1.807) is 0 Å². The molecule has 0 aromatic rings. The van der Waals surface area contributed by atoms with Gasteiger partial charge in [0.1, 0.15) is 6.10 Å². The summed E-state index contributed by atoms with van der Waals surface area (Å²) in [6.07, 6.45) is 47.1. The molecule has 0 bridgehead atoms. The van der Waals surface area contributed by atoms with Gasteiger partial charge in [-0.25, -0.2) is 0 Å². The van der Waals surface area contributed by atoms with E-state index >= 15 is 0 Å². The first-order valence-corrected chi connectivity index (χ1v) is 18.6. The number of ether oxygens (including phenoxy) is 1. The van der Waals surface area contributed by atoms with Crippen molar-refractivity contribution in [3.63, 3.8) is 0 Å². The molecule has 1 atom stereocenters. The Bertz CT molecular complexity index is 748. The van der Waals surface area contributed by atoms with Crippen molar-refractivity contribution < 1.29 is 19.4 Å². The van der Waals surface area contributed by atoms with Gasteiger partial charge in [0.2, 0.25) is 0 Å². The minimum Gasteiger partial charge on any atom is -0.481 e. The lowest BCUT2D eigenvalue weighted by Crippen LogP contribution is -2.18. The van der Waals surface area contributed by atoms with Gasteiger partial charge in [0.05, 0.1) is 0 Å². The van der Waals surface area contributed by atoms with E-state index < -0.39 is 5.97 Å². The van der Waals surface area contributed by atoms with Crippen LogP contribution < -0.4 is 0 Å². The molecule has 0 radical (unpaired) electrons. The third-order valence-electron chi connectivity index (χ3n) is 8.07. The van der Waals surface area contributed by atoms with Crippen LogP contribution in [-0.2, 0) is 14.3 Å². The molecule has 0 spiro atoms. The van der Waals surface area contributed by atoms with Gasteiger partial charge in [-0.3, -0.25) is 9.59 Å².